The molecule has 3 aromatic rings. The van der Waals surface area contributed by atoms with Crippen molar-refractivity contribution in [1.29, 1.82) is 0 Å². The van der Waals surface area contributed by atoms with Crippen LogP contribution in [-0.4, -0.2) is 21.9 Å². The van der Waals surface area contributed by atoms with Gasteiger partial charge in [-0.15, -0.1) is 11.8 Å². The van der Waals surface area contributed by atoms with Crippen LogP contribution in [0.5, 0.6) is 0 Å². The van der Waals surface area contributed by atoms with Crippen molar-refractivity contribution in [2.45, 2.75) is 25.3 Å². The van der Waals surface area contributed by atoms with E-state index in [1.165, 1.54) is 0 Å². The maximum Gasteiger partial charge on any atom is 0.257 e. The first-order valence-corrected chi connectivity index (χ1v) is 10.8. The number of halogens is 3. The molecule has 1 N–H and O–H groups in total. The van der Waals surface area contributed by atoms with Gasteiger partial charge >= 0.3 is 0 Å². The fourth-order valence-electron chi connectivity index (χ4n) is 2.85. The summed E-state index contributed by atoms with van der Waals surface area (Å²) in [7, 11) is 0. The number of hydrogen-bond donors (Lipinski definition) is 1. The van der Waals surface area contributed by atoms with Crippen LogP contribution in [0.2, 0.25) is 15.1 Å². The third-order valence-corrected chi connectivity index (χ3v) is 6.17. The Hall–Kier alpha value is -1.66. The van der Waals surface area contributed by atoms with Gasteiger partial charge in [-0.1, -0.05) is 40.9 Å². The fraction of sp³-hybridized carbons (Fsp3) is 0.200. The Kier molecular flexibility index (Phi) is 6.61. The highest BCUT2D eigenvalue weighted by atomic mass is 35.5. The molecular weight excluding hydrogens is 437 g/mol. The molecule has 0 aliphatic heterocycles. The molecule has 3 rings (SSSR count). The molecule has 0 radical (unpaired) electrons. The molecule has 0 saturated heterocycles. The Bertz CT molecular complexity index is 1030. The third kappa shape index (κ3) is 4.33. The fourth-order valence-corrected chi connectivity index (χ4v) is 4.01. The highest BCUT2D eigenvalue weighted by Crippen LogP contribution is 2.29. The van der Waals surface area contributed by atoms with Crippen LogP contribution in [0.15, 0.2) is 41.3 Å². The van der Waals surface area contributed by atoms with Crippen molar-refractivity contribution in [2.24, 2.45) is 0 Å². The second-order valence-corrected chi connectivity index (χ2v) is 8.30. The lowest BCUT2D eigenvalue weighted by atomic mass is 10.2. The van der Waals surface area contributed by atoms with E-state index in [1.54, 1.807) is 46.8 Å². The average Bonchev–Trinajstić information content (AvgIpc) is 2.92. The van der Waals surface area contributed by atoms with Gasteiger partial charge in [-0.05, 0) is 50.4 Å². The molecule has 0 bridgehead atoms. The molecule has 0 atom stereocenters. The van der Waals surface area contributed by atoms with E-state index in [4.69, 9.17) is 34.8 Å². The molecule has 146 valence electrons. The number of aryl methyl sites for hydroxylation is 1. The van der Waals surface area contributed by atoms with Crippen LogP contribution in [-0.2, 0) is 6.54 Å². The van der Waals surface area contributed by atoms with Crippen molar-refractivity contribution in [3.8, 4) is 0 Å². The van der Waals surface area contributed by atoms with E-state index < -0.39 is 0 Å². The molecule has 0 fully saturated rings. The summed E-state index contributed by atoms with van der Waals surface area (Å²) in [5.41, 5.74) is 3.36. The van der Waals surface area contributed by atoms with E-state index in [1.807, 2.05) is 26.2 Å². The molecule has 0 spiro atoms. The zero-order valence-corrected chi connectivity index (χ0v) is 18.6. The third-order valence-electron chi connectivity index (χ3n) is 4.41. The van der Waals surface area contributed by atoms with Crippen molar-refractivity contribution in [1.82, 2.24) is 9.78 Å². The highest BCUT2D eigenvalue weighted by molar-refractivity contribution is 7.98. The van der Waals surface area contributed by atoms with Crippen LogP contribution in [0.1, 0.15) is 27.3 Å². The second-order valence-electron chi connectivity index (χ2n) is 6.20. The zero-order chi connectivity index (χ0) is 20.4. The SMILES string of the molecule is CSc1ccc(Cl)c(C(=O)Nc2c(C)nn(Cc3c(Cl)cccc3Cl)c2C)c1. The van der Waals surface area contributed by atoms with Crippen molar-refractivity contribution in [2.75, 3.05) is 11.6 Å². The number of carbonyl (C=O) groups excluding carboxylic acids is 1. The van der Waals surface area contributed by atoms with Gasteiger partial charge < -0.3 is 5.32 Å². The van der Waals surface area contributed by atoms with E-state index >= 15 is 0 Å². The first-order valence-electron chi connectivity index (χ1n) is 8.43. The van der Waals surface area contributed by atoms with Crippen molar-refractivity contribution >= 4 is 58.2 Å². The number of nitrogens with one attached hydrogen (secondary N) is 1. The smallest absolute Gasteiger partial charge is 0.257 e. The minimum Gasteiger partial charge on any atom is -0.319 e. The first-order chi connectivity index (χ1) is 13.3. The summed E-state index contributed by atoms with van der Waals surface area (Å²) in [4.78, 5) is 13.8. The van der Waals surface area contributed by atoms with E-state index in [-0.39, 0.29) is 5.91 Å². The van der Waals surface area contributed by atoms with Crippen molar-refractivity contribution in [3.63, 3.8) is 0 Å². The number of thioether (sulfide) groups is 1. The number of carbonyl (C=O) groups is 1. The van der Waals surface area contributed by atoms with Crippen molar-refractivity contribution in [3.05, 3.63) is 74.0 Å². The van der Waals surface area contributed by atoms with Gasteiger partial charge in [-0.3, -0.25) is 9.48 Å². The summed E-state index contributed by atoms with van der Waals surface area (Å²) in [5.74, 6) is -0.276. The van der Waals surface area contributed by atoms with Gasteiger partial charge in [0.25, 0.3) is 5.91 Å². The summed E-state index contributed by atoms with van der Waals surface area (Å²) in [6.07, 6.45) is 1.95. The Morgan fingerprint density at radius 1 is 1.11 bits per heavy atom. The molecule has 0 saturated carbocycles. The van der Waals surface area contributed by atoms with Crippen LogP contribution in [0.25, 0.3) is 0 Å². The highest BCUT2D eigenvalue weighted by Gasteiger charge is 2.18. The van der Waals surface area contributed by atoms with Crippen LogP contribution in [0.4, 0.5) is 5.69 Å². The van der Waals surface area contributed by atoms with E-state index in [2.05, 4.69) is 10.4 Å². The molecule has 0 aliphatic rings. The average molecular weight is 455 g/mol. The molecule has 2 aromatic carbocycles. The monoisotopic (exact) mass is 453 g/mol. The molecule has 28 heavy (non-hydrogen) atoms. The Morgan fingerprint density at radius 2 is 1.79 bits per heavy atom. The lowest BCUT2D eigenvalue weighted by Crippen LogP contribution is -2.14. The summed E-state index contributed by atoms with van der Waals surface area (Å²) in [5, 5.41) is 9.03. The number of rotatable bonds is 5. The predicted octanol–water partition coefficient (Wildman–Crippen LogP) is 6.48. The Labute approximate surface area is 183 Å². The number of nitrogens with zero attached hydrogens (tertiary/aromatic N) is 2. The topological polar surface area (TPSA) is 46.9 Å². The molecule has 0 aliphatic carbocycles. The minimum absolute atomic E-state index is 0.276. The molecule has 4 nitrogen and oxygen atoms in total. The van der Waals surface area contributed by atoms with E-state index in [9.17, 15) is 4.79 Å². The van der Waals surface area contributed by atoms with Gasteiger partial charge in [0.15, 0.2) is 0 Å². The van der Waals surface area contributed by atoms with Gasteiger partial charge in [0.1, 0.15) is 0 Å². The maximum absolute atomic E-state index is 12.8. The summed E-state index contributed by atoms with van der Waals surface area (Å²) in [6, 6.07) is 10.8. The molecule has 1 amide bonds. The van der Waals surface area contributed by atoms with Gasteiger partial charge in [-0.2, -0.15) is 5.10 Å². The zero-order valence-electron chi connectivity index (χ0n) is 15.5. The number of hydrogen-bond acceptors (Lipinski definition) is 3. The van der Waals surface area contributed by atoms with E-state index in [0.717, 1.165) is 16.2 Å². The summed E-state index contributed by atoms with van der Waals surface area (Å²) >= 11 is 20.3. The van der Waals surface area contributed by atoms with Crippen LogP contribution in [0.3, 0.4) is 0 Å². The van der Waals surface area contributed by atoms with Gasteiger partial charge in [0, 0.05) is 20.5 Å². The number of amides is 1. The number of aromatic nitrogens is 2. The minimum atomic E-state index is -0.276. The predicted molar refractivity (Wildman–Crippen MR) is 118 cm³/mol. The lowest BCUT2D eigenvalue weighted by Gasteiger charge is -2.10. The Morgan fingerprint density at radius 3 is 2.43 bits per heavy atom. The lowest BCUT2D eigenvalue weighted by molar-refractivity contribution is 0.102. The first kappa shape index (κ1) is 21.1. The number of anilines is 1. The van der Waals surface area contributed by atoms with Gasteiger partial charge in [0.2, 0.25) is 0 Å². The van der Waals surface area contributed by atoms with Crippen LogP contribution < -0.4 is 5.32 Å². The maximum atomic E-state index is 12.8. The van der Waals surface area contributed by atoms with E-state index in [0.29, 0.717) is 38.6 Å². The normalized spacial score (nSPS) is 10.9. The number of benzene rings is 2. The standard InChI is InChI=1S/C20H18Cl3N3OS/c1-11-19(24-20(27)14-9-13(28-3)7-8-18(14)23)12(2)26(25-11)10-15-16(21)5-4-6-17(15)22/h4-9H,10H2,1-3H3,(H,24,27). The summed E-state index contributed by atoms with van der Waals surface area (Å²) < 4.78 is 1.78. The summed E-state index contributed by atoms with van der Waals surface area (Å²) in [6.45, 7) is 4.14. The second kappa shape index (κ2) is 8.78. The molecule has 1 heterocycles. The van der Waals surface area contributed by atoms with Crippen LogP contribution in [0, 0.1) is 13.8 Å². The van der Waals surface area contributed by atoms with Crippen molar-refractivity contribution < 1.29 is 4.79 Å². The molecular formula is C20H18Cl3N3OS. The van der Waals surface area contributed by atoms with Crippen LogP contribution >= 0.6 is 46.6 Å². The molecule has 1 aromatic heterocycles. The molecule has 0 unspecified atom stereocenters. The van der Waals surface area contributed by atoms with Gasteiger partial charge in [-0.25, -0.2) is 0 Å². The van der Waals surface area contributed by atoms with Gasteiger partial charge in [0.05, 0.1) is 34.2 Å². The molecule has 8 heteroatoms. The largest absolute Gasteiger partial charge is 0.319 e. The Balaban J connectivity index is 1.89. The quantitative estimate of drug-likeness (QED) is 0.449.